The molecule has 0 N–H and O–H groups in total. The smallest absolute Gasteiger partial charge is 0.163 e. The Morgan fingerprint density at radius 3 is 1.96 bits per heavy atom. The summed E-state index contributed by atoms with van der Waals surface area (Å²) in [6.45, 7) is 9.61. The molecule has 3 rings (SSSR count). The van der Waals surface area contributed by atoms with E-state index in [4.69, 9.17) is 4.74 Å². The molecule has 0 bridgehead atoms. The summed E-state index contributed by atoms with van der Waals surface area (Å²) < 4.78 is 5.60. The molecule has 1 heterocycles. The summed E-state index contributed by atoms with van der Waals surface area (Å²) in [5, 5.41) is 4.30. The fourth-order valence-corrected chi connectivity index (χ4v) is 7.72. The summed E-state index contributed by atoms with van der Waals surface area (Å²) >= 11 is 0. The average molecular weight is 330 g/mol. The highest BCUT2D eigenvalue weighted by atomic mass is 32.2. The van der Waals surface area contributed by atoms with E-state index in [1.807, 2.05) is 0 Å². The lowest BCUT2D eigenvalue weighted by molar-refractivity contribution is 0.419. The molecule has 0 aliphatic carbocycles. The number of ether oxygens (including phenoxy) is 1. The second kappa shape index (κ2) is 6.76. The van der Waals surface area contributed by atoms with E-state index >= 15 is 0 Å². The molecule has 0 radical (unpaired) electrons. The van der Waals surface area contributed by atoms with Gasteiger partial charge in [0.25, 0.3) is 0 Å². The van der Waals surface area contributed by atoms with E-state index in [2.05, 4.69) is 64.1 Å². The molecule has 2 unspecified atom stereocenters. The van der Waals surface area contributed by atoms with Gasteiger partial charge in [0.1, 0.15) is 16.2 Å². The van der Waals surface area contributed by atoms with Gasteiger partial charge in [-0.15, -0.1) is 0 Å². The third kappa shape index (κ3) is 2.98. The standard InChI is InChI=1S/C21H29OS/c1-14(2)19-12-13-20(15(3)4)23(19)21-11-10-18(22-5)16-8-6-7-9-17(16)21/h6-11,14-15,19-20H,12-13H2,1-5H3/q+1. The summed E-state index contributed by atoms with van der Waals surface area (Å²) in [7, 11) is 2.10. The number of rotatable bonds is 4. The van der Waals surface area contributed by atoms with E-state index in [1.54, 1.807) is 12.0 Å². The average Bonchev–Trinajstić information content (AvgIpc) is 2.99. The lowest BCUT2D eigenvalue weighted by atomic mass is 10.0. The van der Waals surface area contributed by atoms with Crippen LogP contribution in [0.1, 0.15) is 40.5 Å². The van der Waals surface area contributed by atoms with Crippen molar-refractivity contribution in [3.05, 3.63) is 36.4 Å². The zero-order valence-corrected chi connectivity index (χ0v) is 15.8. The van der Waals surface area contributed by atoms with Crippen LogP contribution in [0.15, 0.2) is 41.3 Å². The molecule has 0 amide bonds. The summed E-state index contributed by atoms with van der Waals surface area (Å²) in [6, 6.07) is 13.3. The predicted molar refractivity (Wildman–Crippen MR) is 103 cm³/mol. The predicted octanol–water partition coefficient (Wildman–Crippen LogP) is 5.67. The van der Waals surface area contributed by atoms with Crippen molar-refractivity contribution >= 4 is 21.7 Å². The molecule has 0 aromatic heterocycles. The number of fused-ring (bicyclic) bond motifs is 1. The van der Waals surface area contributed by atoms with Crippen molar-refractivity contribution in [2.75, 3.05) is 7.11 Å². The van der Waals surface area contributed by atoms with Gasteiger partial charge in [-0.3, -0.25) is 0 Å². The Kier molecular flexibility index (Phi) is 4.91. The lowest BCUT2D eigenvalue weighted by Crippen LogP contribution is -2.30. The molecule has 0 saturated carbocycles. The molecule has 2 aromatic carbocycles. The Labute approximate surface area is 143 Å². The van der Waals surface area contributed by atoms with Crippen molar-refractivity contribution in [1.29, 1.82) is 0 Å². The molecular formula is C21H29OS+. The van der Waals surface area contributed by atoms with Gasteiger partial charge < -0.3 is 4.74 Å². The van der Waals surface area contributed by atoms with Crippen LogP contribution in [0.3, 0.4) is 0 Å². The third-order valence-corrected chi connectivity index (χ3v) is 8.92. The molecule has 2 aromatic rings. The highest BCUT2D eigenvalue weighted by Gasteiger charge is 2.49. The van der Waals surface area contributed by atoms with Gasteiger partial charge in [-0.25, -0.2) is 0 Å². The minimum Gasteiger partial charge on any atom is -0.496 e. The van der Waals surface area contributed by atoms with Gasteiger partial charge in [0.2, 0.25) is 0 Å². The molecule has 2 heteroatoms. The van der Waals surface area contributed by atoms with Crippen molar-refractivity contribution in [1.82, 2.24) is 0 Å². The van der Waals surface area contributed by atoms with Crippen LogP contribution < -0.4 is 4.74 Å². The van der Waals surface area contributed by atoms with Crippen LogP contribution in [0.25, 0.3) is 10.8 Å². The Balaban J connectivity index is 2.17. The fourth-order valence-electron chi connectivity index (χ4n) is 4.01. The van der Waals surface area contributed by atoms with Crippen LogP contribution in [0, 0.1) is 11.8 Å². The Morgan fingerprint density at radius 2 is 1.43 bits per heavy atom. The zero-order chi connectivity index (χ0) is 16.6. The van der Waals surface area contributed by atoms with E-state index in [-0.39, 0.29) is 0 Å². The van der Waals surface area contributed by atoms with Crippen molar-refractivity contribution in [2.45, 2.75) is 55.9 Å². The monoisotopic (exact) mass is 329 g/mol. The third-order valence-electron chi connectivity index (χ3n) is 5.19. The second-order valence-corrected chi connectivity index (χ2v) is 9.72. The van der Waals surface area contributed by atoms with Gasteiger partial charge in [-0.2, -0.15) is 0 Å². The first-order chi connectivity index (χ1) is 11.0. The topological polar surface area (TPSA) is 9.23 Å². The van der Waals surface area contributed by atoms with E-state index in [1.165, 1.54) is 23.6 Å². The maximum atomic E-state index is 5.60. The van der Waals surface area contributed by atoms with E-state index < -0.39 is 0 Å². The van der Waals surface area contributed by atoms with Crippen molar-refractivity contribution < 1.29 is 4.74 Å². The molecule has 23 heavy (non-hydrogen) atoms. The van der Waals surface area contributed by atoms with Gasteiger partial charge in [-0.1, -0.05) is 45.9 Å². The van der Waals surface area contributed by atoms with Crippen molar-refractivity contribution in [3.8, 4) is 5.75 Å². The lowest BCUT2D eigenvalue weighted by Gasteiger charge is -2.22. The zero-order valence-electron chi connectivity index (χ0n) is 15.0. The van der Waals surface area contributed by atoms with Crippen LogP contribution in [0.4, 0.5) is 0 Å². The van der Waals surface area contributed by atoms with Crippen LogP contribution >= 0.6 is 0 Å². The van der Waals surface area contributed by atoms with Crippen LogP contribution in [-0.2, 0) is 10.9 Å². The molecule has 0 spiro atoms. The largest absolute Gasteiger partial charge is 0.496 e. The van der Waals surface area contributed by atoms with E-state index in [9.17, 15) is 0 Å². The molecule has 1 saturated heterocycles. The minimum atomic E-state index is 0.333. The van der Waals surface area contributed by atoms with Gasteiger partial charge in [-0.05, 0) is 18.2 Å². The van der Waals surface area contributed by atoms with Crippen molar-refractivity contribution in [3.63, 3.8) is 0 Å². The summed E-state index contributed by atoms with van der Waals surface area (Å²) in [4.78, 5) is 1.57. The number of hydrogen-bond donors (Lipinski definition) is 0. The quantitative estimate of drug-likeness (QED) is 0.657. The maximum absolute atomic E-state index is 5.60. The Hall–Kier alpha value is -1.15. The molecular weight excluding hydrogens is 300 g/mol. The first-order valence-electron chi connectivity index (χ1n) is 8.82. The molecule has 124 valence electrons. The highest BCUT2D eigenvalue weighted by molar-refractivity contribution is 7.98. The maximum Gasteiger partial charge on any atom is 0.163 e. The Morgan fingerprint density at radius 1 is 0.870 bits per heavy atom. The number of methoxy groups -OCH3 is 1. The molecule has 2 atom stereocenters. The number of benzene rings is 2. The van der Waals surface area contributed by atoms with Gasteiger partial charge in [0.15, 0.2) is 4.90 Å². The van der Waals surface area contributed by atoms with Crippen LogP contribution in [-0.4, -0.2) is 17.6 Å². The van der Waals surface area contributed by atoms with Crippen LogP contribution in [0.5, 0.6) is 5.75 Å². The highest BCUT2D eigenvalue weighted by Crippen LogP contribution is 2.45. The summed E-state index contributed by atoms with van der Waals surface area (Å²) in [6.07, 6.45) is 2.76. The van der Waals surface area contributed by atoms with Crippen molar-refractivity contribution in [2.24, 2.45) is 11.8 Å². The summed E-state index contributed by atoms with van der Waals surface area (Å²) in [5.74, 6) is 2.50. The molecule has 1 nitrogen and oxygen atoms in total. The molecule has 1 aliphatic heterocycles. The number of hydrogen-bond acceptors (Lipinski definition) is 1. The summed E-state index contributed by atoms with van der Waals surface area (Å²) in [5.41, 5.74) is 0. The van der Waals surface area contributed by atoms with Crippen LogP contribution in [0.2, 0.25) is 0 Å². The molecule has 1 aliphatic rings. The van der Waals surface area contributed by atoms with E-state index in [0.717, 1.165) is 28.1 Å². The minimum absolute atomic E-state index is 0.333. The SMILES string of the molecule is COc1ccc([S+]2C(C(C)C)CCC2C(C)C)c2ccccc12. The van der Waals surface area contributed by atoms with E-state index in [0.29, 0.717) is 10.9 Å². The van der Waals surface area contributed by atoms with Gasteiger partial charge in [0, 0.05) is 46.3 Å². The first-order valence-corrected chi connectivity index (χ1v) is 10.2. The molecule has 1 fully saturated rings. The fraction of sp³-hybridized carbons (Fsp3) is 0.524. The Bertz CT molecular complexity index is 661. The normalized spacial score (nSPS) is 24.7. The van der Waals surface area contributed by atoms with Gasteiger partial charge >= 0.3 is 0 Å². The first kappa shape index (κ1) is 16.7. The van der Waals surface area contributed by atoms with Gasteiger partial charge in [0.05, 0.1) is 7.11 Å². The second-order valence-electron chi connectivity index (χ2n) is 7.33.